The first-order valence-corrected chi connectivity index (χ1v) is 9.76. The van der Waals surface area contributed by atoms with Gasteiger partial charge in [-0.2, -0.15) is 0 Å². The maximum atomic E-state index is 12.4. The van der Waals surface area contributed by atoms with Gasteiger partial charge in [0, 0.05) is 33.3 Å². The molecule has 1 aliphatic heterocycles. The first-order valence-electron chi connectivity index (χ1n) is 6.45. The molecule has 1 aliphatic rings. The summed E-state index contributed by atoms with van der Waals surface area (Å²) >= 11 is 2.20. The molecular formula is C14H16IN3O2S. The zero-order chi connectivity index (χ0) is 15.4. The molecule has 0 unspecified atom stereocenters. The van der Waals surface area contributed by atoms with Crippen LogP contribution in [0.2, 0.25) is 0 Å². The number of rotatable bonds is 5. The van der Waals surface area contributed by atoms with Crippen molar-refractivity contribution < 1.29 is 9.59 Å². The van der Waals surface area contributed by atoms with Crippen molar-refractivity contribution in [3.05, 3.63) is 47.5 Å². The molecule has 2 amide bonds. The van der Waals surface area contributed by atoms with E-state index in [-0.39, 0.29) is 11.9 Å². The molecule has 0 aromatic heterocycles. The standard InChI is InChI=1S/C14H16IN3O2S/c1-9(13(16)19)17-14(20)11-7-8-18(21-15)12(11)10-5-3-2-4-6-10/h2-7,9,12H,8H2,1H3,(H2,16,19)(H,17,20)/t9-,12+/m0/s1. The summed E-state index contributed by atoms with van der Waals surface area (Å²) < 4.78 is 2.11. The summed E-state index contributed by atoms with van der Waals surface area (Å²) in [5, 5.41) is 2.65. The normalized spacial score (nSPS) is 19.9. The van der Waals surface area contributed by atoms with Crippen molar-refractivity contribution in [2.24, 2.45) is 5.73 Å². The lowest BCUT2D eigenvalue weighted by molar-refractivity contribution is -0.125. The topological polar surface area (TPSA) is 75.4 Å². The average molecular weight is 417 g/mol. The van der Waals surface area contributed by atoms with E-state index >= 15 is 0 Å². The molecule has 7 heteroatoms. The van der Waals surface area contributed by atoms with Crippen molar-refractivity contribution in [2.45, 2.75) is 19.0 Å². The monoisotopic (exact) mass is 417 g/mol. The Labute approximate surface area is 140 Å². The smallest absolute Gasteiger partial charge is 0.249 e. The summed E-state index contributed by atoms with van der Waals surface area (Å²) in [6.07, 6.45) is 1.90. The second-order valence-electron chi connectivity index (χ2n) is 4.74. The van der Waals surface area contributed by atoms with Gasteiger partial charge in [0.05, 0.1) is 6.04 Å². The van der Waals surface area contributed by atoms with Crippen molar-refractivity contribution in [1.82, 2.24) is 9.62 Å². The number of nitrogens with two attached hydrogens (primary N) is 1. The Balaban J connectivity index is 2.22. The molecule has 0 saturated heterocycles. The highest BCUT2D eigenvalue weighted by Gasteiger charge is 2.33. The minimum Gasteiger partial charge on any atom is -0.368 e. The van der Waals surface area contributed by atoms with Gasteiger partial charge in [-0.3, -0.25) is 9.59 Å². The van der Waals surface area contributed by atoms with Crippen LogP contribution in [0.15, 0.2) is 42.0 Å². The number of halogens is 1. The minimum absolute atomic E-state index is 0.117. The number of nitrogens with one attached hydrogen (secondary N) is 1. The number of hydrogen-bond donors (Lipinski definition) is 2. The Kier molecular flexibility index (Phi) is 5.65. The van der Waals surface area contributed by atoms with E-state index < -0.39 is 11.9 Å². The zero-order valence-corrected chi connectivity index (χ0v) is 14.4. The van der Waals surface area contributed by atoms with Crippen LogP contribution >= 0.6 is 30.3 Å². The highest BCUT2D eigenvalue weighted by molar-refractivity contribution is 14.2. The van der Waals surface area contributed by atoms with E-state index in [0.717, 1.165) is 5.56 Å². The van der Waals surface area contributed by atoms with Crippen molar-refractivity contribution >= 4 is 42.1 Å². The van der Waals surface area contributed by atoms with E-state index in [0.29, 0.717) is 12.1 Å². The first kappa shape index (κ1) is 16.3. The van der Waals surface area contributed by atoms with Gasteiger partial charge in [0.15, 0.2) is 0 Å². The van der Waals surface area contributed by atoms with Crippen LogP contribution in [0.5, 0.6) is 0 Å². The first-order chi connectivity index (χ1) is 10.0. The Hall–Kier alpha value is -1.06. The molecule has 0 aliphatic carbocycles. The highest BCUT2D eigenvalue weighted by Crippen LogP contribution is 2.40. The van der Waals surface area contributed by atoms with E-state index in [1.54, 1.807) is 16.0 Å². The molecule has 0 saturated carbocycles. The van der Waals surface area contributed by atoms with E-state index in [9.17, 15) is 9.59 Å². The average Bonchev–Trinajstić information content (AvgIpc) is 2.91. The van der Waals surface area contributed by atoms with Crippen LogP contribution in [0.25, 0.3) is 0 Å². The van der Waals surface area contributed by atoms with Crippen molar-refractivity contribution in [2.75, 3.05) is 6.54 Å². The summed E-state index contributed by atoms with van der Waals surface area (Å²) in [6.45, 7) is 2.26. The molecule has 1 aromatic carbocycles. The fourth-order valence-corrected chi connectivity index (χ4v) is 3.79. The molecule has 0 fully saturated rings. The SMILES string of the molecule is C[C@H](NC(=O)C1=CCN(SI)[C@@H]1c1ccccc1)C(N)=O. The molecular weight excluding hydrogens is 401 g/mol. The van der Waals surface area contributed by atoms with Gasteiger partial charge < -0.3 is 11.1 Å². The molecule has 3 N–H and O–H groups in total. The summed E-state index contributed by atoms with van der Waals surface area (Å²) in [6, 6.07) is 9.03. The van der Waals surface area contributed by atoms with Crippen LogP contribution in [0.4, 0.5) is 0 Å². The van der Waals surface area contributed by atoms with Gasteiger partial charge in [0.25, 0.3) is 0 Å². The Morgan fingerprint density at radius 1 is 1.43 bits per heavy atom. The summed E-state index contributed by atoms with van der Waals surface area (Å²) in [7, 11) is 1.56. The molecule has 112 valence electrons. The van der Waals surface area contributed by atoms with Gasteiger partial charge in [0.1, 0.15) is 6.04 Å². The lowest BCUT2D eigenvalue weighted by atomic mass is 10.00. The Bertz CT molecular complexity index is 565. The highest BCUT2D eigenvalue weighted by atomic mass is 127. The fourth-order valence-electron chi connectivity index (χ4n) is 2.18. The number of benzene rings is 1. The summed E-state index contributed by atoms with van der Waals surface area (Å²) in [5.41, 5.74) is 6.89. The Morgan fingerprint density at radius 3 is 2.67 bits per heavy atom. The second-order valence-corrected chi connectivity index (χ2v) is 6.53. The van der Waals surface area contributed by atoms with Gasteiger partial charge in [-0.1, -0.05) is 36.4 Å². The minimum atomic E-state index is -0.684. The zero-order valence-electron chi connectivity index (χ0n) is 11.5. The van der Waals surface area contributed by atoms with Gasteiger partial charge in [-0.25, -0.2) is 4.31 Å². The largest absolute Gasteiger partial charge is 0.368 e. The van der Waals surface area contributed by atoms with Crippen molar-refractivity contribution in [3.63, 3.8) is 0 Å². The summed E-state index contributed by atoms with van der Waals surface area (Å²) in [4.78, 5) is 23.5. The molecule has 2 atom stereocenters. The number of amides is 2. The van der Waals surface area contributed by atoms with Crippen LogP contribution < -0.4 is 11.1 Å². The van der Waals surface area contributed by atoms with Crippen molar-refractivity contribution in [3.8, 4) is 0 Å². The number of hydrogen-bond acceptors (Lipinski definition) is 4. The molecule has 1 heterocycles. The summed E-state index contributed by atoms with van der Waals surface area (Å²) in [5.74, 6) is -0.790. The molecule has 0 radical (unpaired) electrons. The third-order valence-electron chi connectivity index (χ3n) is 3.31. The molecule has 21 heavy (non-hydrogen) atoms. The lowest BCUT2D eigenvalue weighted by Crippen LogP contribution is -2.43. The number of primary amides is 1. The van der Waals surface area contributed by atoms with Crippen LogP contribution in [-0.2, 0) is 9.59 Å². The van der Waals surface area contributed by atoms with Crippen LogP contribution in [0.1, 0.15) is 18.5 Å². The quantitative estimate of drug-likeness (QED) is 0.568. The van der Waals surface area contributed by atoms with Gasteiger partial charge >= 0.3 is 0 Å². The number of nitrogens with zero attached hydrogens (tertiary/aromatic N) is 1. The van der Waals surface area contributed by atoms with E-state index in [1.165, 1.54) is 0 Å². The molecule has 1 aromatic rings. The molecule has 0 spiro atoms. The Morgan fingerprint density at radius 2 is 2.10 bits per heavy atom. The second kappa shape index (κ2) is 7.28. The maximum absolute atomic E-state index is 12.4. The van der Waals surface area contributed by atoms with Crippen LogP contribution in [0.3, 0.4) is 0 Å². The third-order valence-corrected chi connectivity index (χ3v) is 5.37. The molecule has 2 rings (SSSR count). The fraction of sp³-hybridized carbons (Fsp3) is 0.286. The third kappa shape index (κ3) is 3.78. The van der Waals surface area contributed by atoms with E-state index in [4.69, 9.17) is 5.73 Å². The molecule has 5 nitrogen and oxygen atoms in total. The lowest BCUT2D eigenvalue weighted by Gasteiger charge is -2.24. The predicted molar refractivity (Wildman–Crippen MR) is 92.4 cm³/mol. The van der Waals surface area contributed by atoms with Gasteiger partial charge in [-0.15, -0.1) is 0 Å². The number of carbonyl (C=O) groups excluding carboxylic acids is 2. The van der Waals surface area contributed by atoms with Crippen LogP contribution in [-0.4, -0.2) is 28.7 Å². The van der Waals surface area contributed by atoms with E-state index in [1.807, 2.05) is 36.4 Å². The van der Waals surface area contributed by atoms with Gasteiger partial charge in [-0.05, 0) is 21.6 Å². The van der Waals surface area contributed by atoms with Crippen LogP contribution in [0, 0.1) is 0 Å². The van der Waals surface area contributed by atoms with E-state index in [2.05, 4.69) is 30.8 Å². The maximum Gasteiger partial charge on any atom is 0.249 e. The number of carbonyl (C=O) groups is 2. The van der Waals surface area contributed by atoms with Gasteiger partial charge in [0.2, 0.25) is 11.8 Å². The predicted octanol–water partition coefficient (Wildman–Crippen LogP) is 1.96. The molecule has 0 bridgehead atoms. The van der Waals surface area contributed by atoms with Crippen molar-refractivity contribution in [1.29, 1.82) is 0 Å².